The predicted octanol–water partition coefficient (Wildman–Crippen LogP) is 3.21. The van der Waals surface area contributed by atoms with Crippen LogP contribution in [0.3, 0.4) is 0 Å². The fourth-order valence-corrected chi connectivity index (χ4v) is 2.62. The van der Waals surface area contributed by atoms with Crippen molar-refractivity contribution in [3.05, 3.63) is 34.8 Å². The molecule has 0 aliphatic heterocycles. The summed E-state index contributed by atoms with van der Waals surface area (Å²) in [6.45, 7) is 5.71. The number of amides is 1. The fourth-order valence-electron chi connectivity index (χ4n) is 1.80. The number of aryl methyl sites for hydroxylation is 2. The van der Waals surface area contributed by atoms with Crippen LogP contribution >= 0.6 is 11.3 Å². The van der Waals surface area contributed by atoms with E-state index >= 15 is 0 Å². The highest BCUT2D eigenvalue weighted by molar-refractivity contribution is 7.15. The molecule has 1 unspecified atom stereocenters. The zero-order valence-electron chi connectivity index (χ0n) is 12.6. The van der Waals surface area contributed by atoms with Crippen LogP contribution in [0.5, 0.6) is 5.75 Å². The third-order valence-electron chi connectivity index (χ3n) is 3.13. The molecule has 1 amide bonds. The van der Waals surface area contributed by atoms with Crippen molar-refractivity contribution in [1.29, 1.82) is 0 Å². The molecule has 1 atom stereocenters. The second kappa shape index (κ2) is 6.58. The van der Waals surface area contributed by atoms with Crippen molar-refractivity contribution < 1.29 is 9.53 Å². The maximum atomic E-state index is 12.2. The summed E-state index contributed by atoms with van der Waals surface area (Å²) in [5, 5.41) is 6.60. The Morgan fingerprint density at radius 1 is 1.33 bits per heavy atom. The number of methoxy groups -OCH3 is 1. The van der Waals surface area contributed by atoms with Gasteiger partial charge in [-0.15, -0.1) is 11.3 Å². The molecular weight excluding hydrogens is 286 g/mol. The highest BCUT2D eigenvalue weighted by Gasteiger charge is 2.16. The van der Waals surface area contributed by atoms with Crippen LogP contribution in [-0.4, -0.2) is 24.0 Å². The SMILES string of the molecule is COc1ccccc1NC(C)C(=O)Nc1nc(C)c(C)s1. The van der Waals surface area contributed by atoms with E-state index in [1.165, 1.54) is 11.3 Å². The minimum absolute atomic E-state index is 0.130. The largest absolute Gasteiger partial charge is 0.495 e. The number of aromatic nitrogens is 1. The molecule has 0 saturated heterocycles. The monoisotopic (exact) mass is 305 g/mol. The van der Waals surface area contributed by atoms with E-state index in [4.69, 9.17) is 4.74 Å². The molecule has 0 saturated carbocycles. The van der Waals surface area contributed by atoms with Crippen LogP contribution in [0.4, 0.5) is 10.8 Å². The Morgan fingerprint density at radius 3 is 2.67 bits per heavy atom. The van der Waals surface area contributed by atoms with Crippen LogP contribution in [0.15, 0.2) is 24.3 Å². The molecule has 112 valence electrons. The van der Waals surface area contributed by atoms with Gasteiger partial charge in [0.1, 0.15) is 11.8 Å². The lowest BCUT2D eigenvalue weighted by molar-refractivity contribution is -0.116. The topological polar surface area (TPSA) is 63.2 Å². The molecular formula is C15H19N3O2S. The number of hydrogen-bond acceptors (Lipinski definition) is 5. The molecule has 2 N–H and O–H groups in total. The fraction of sp³-hybridized carbons (Fsp3) is 0.333. The van der Waals surface area contributed by atoms with Crippen molar-refractivity contribution in [2.45, 2.75) is 26.8 Å². The number of anilines is 2. The first-order chi connectivity index (χ1) is 10.0. The first-order valence-electron chi connectivity index (χ1n) is 6.65. The molecule has 0 spiro atoms. The molecule has 21 heavy (non-hydrogen) atoms. The highest BCUT2D eigenvalue weighted by Crippen LogP contribution is 2.24. The van der Waals surface area contributed by atoms with Gasteiger partial charge in [0.15, 0.2) is 5.13 Å². The van der Waals surface area contributed by atoms with Crippen molar-refractivity contribution in [3.63, 3.8) is 0 Å². The standard InChI is InChI=1S/C15H19N3O2S/c1-9-11(3)21-15(17-9)18-14(19)10(2)16-12-7-5-6-8-13(12)20-4/h5-8,10,16H,1-4H3,(H,17,18,19). The van der Waals surface area contributed by atoms with Gasteiger partial charge in [0, 0.05) is 4.88 Å². The van der Waals surface area contributed by atoms with Crippen LogP contribution < -0.4 is 15.4 Å². The summed E-state index contributed by atoms with van der Waals surface area (Å²) in [5.74, 6) is 0.577. The molecule has 0 radical (unpaired) electrons. The number of ether oxygens (including phenoxy) is 1. The summed E-state index contributed by atoms with van der Waals surface area (Å²) in [6.07, 6.45) is 0. The minimum atomic E-state index is -0.397. The van der Waals surface area contributed by atoms with Gasteiger partial charge < -0.3 is 15.4 Å². The highest BCUT2D eigenvalue weighted by atomic mass is 32.1. The van der Waals surface area contributed by atoms with Gasteiger partial charge in [-0.25, -0.2) is 4.98 Å². The number of rotatable bonds is 5. The summed E-state index contributed by atoms with van der Waals surface area (Å²) < 4.78 is 5.26. The second-order valence-corrected chi connectivity index (χ2v) is 5.92. The summed E-state index contributed by atoms with van der Waals surface area (Å²) in [4.78, 5) is 17.6. The summed E-state index contributed by atoms with van der Waals surface area (Å²) in [6, 6.07) is 7.10. The van der Waals surface area contributed by atoms with Gasteiger partial charge in [-0.05, 0) is 32.9 Å². The number of hydrogen-bond donors (Lipinski definition) is 2. The van der Waals surface area contributed by atoms with Crippen molar-refractivity contribution in [2.24, 2.45) is 0 Å². The molecule has 2 rings (SSSR count). The van der Waals surface area contributed by atoms with Crippen LogP contribution in [0.1, 0.15) is 17.5 Å². The number of nitrogens with one attached hydrogen (secondary N) is 2. The number of para-hydroxylation sites is 2. The number of benzene rings is 1. The average Bonchev–Trinajstić information content (AvgIpc) is 2.77. The Kier molecular flexibility index (Phi) is 4.80. The molecule has 0 aliphatic carbocycles. The van der Waals surface area contributed by atoms with Crippen LogP contribution in [0.25, 0.3) is 0 Å². The minimum Gasteiger partial charge on any atom is -0.495 e. The third-order valence-corrected chi connectivity index (χ3v) is 4.12. The molecule has 6 heteroatoms. The maximum Gasteiger partial charge on any atom is 0.248 e. The maximum absolute atomic E-state index is 12.2. The van der Waals surface area contributed by atoms with Crippen molar-refractivity contribution in [1.82, 2.24) is 4.98 Å². The Balaban J connectivity index is 2.02. The van der Waals surface area contributed by atoms with Gasteiger partial charge in [0.05, 0.1) is 18.5 Å². The molecule has 1 heterocycles. The second-order valence-electron chi connectivity index (χ2n) is 4.72. The van der Waals surface area contributed by atoms with E-state index in [-0.39, 0.29) is 5.91 Å². The molecule has 1 aromatic carbocycles. The Labute approximate surface area is 128 Å². The lowest BCUT2D eigenvalue weighted by atomic mass is 10.2. The molecule has 0 fully saturated rings. The number of carbonyl (C=O) groups excluding carboxylic acids is 1. The van der Waals surface area contributed by atoms with Gasteiger partial charge in [-0.1, -0.05) is 12.1 Å². The number of carbonyl (C=O) groups is 1. The molecule has 1 aromatic heterocycles. The van der Waals surface area contributed by atoms with Crippen molar-refractivity contribution in [3.8, 4) is 5.75 Å². The molecule has 5 nitrogen and oxygen atoms in total. The zero-order valence-corrected chi connectivity index (χ0v) is 13.4. The van der Waals surface area contributed by atoms with Crippen molar-refractivity contribution >= 4 is 28.1 Å². The predicted molar refractivity (Wildman–Crippen MR) is 86.3 cm³/mol. The first kappa shape index (κ1) is 15.3. The van der Waals surface area contributed by atoms with Crippen LogP contribution in [-0.2, 0) is 4.79 Å². The van der Waals surface area contributed by atoms with Gasteiger partial charge >= 0.3 is 0 Å². The van der Waals surface area contributed by atoms with E-state index in [9.17, 15) is 4.79 Å². The molecule has 2 aromatic rings. The average molecular weight is 305 g/mol. The number of nitrogens with zero attached hydrogens (tertiary/aromatic N) is 1. The first-order valence-corrected chi connectivity index (χ1v) is 7.47. The van der Waals surface area contributed by atoms with E-state index in [2.05, 4.69) is 15.6 Å². The molecule has 0 aliphatic rings. The van der Waals surface area contributed by atoms with Crippen LogP contribution in [0, 0.1) is 13.8 Å². The van der Waals surface area contributed by atoms with E-state index < -0.39 is 6.04 Å². The quantitative estimate of drug-likeness (QED) is 0.890. The number of thiazole rings is 1. The van der Waals surface area contributed by atoms with Gasteiger partial charge in [0.25, 0.3) is 0 Å². The third kappa shape index (κ3) is 3.72. The van der Waals surface area contributed by atoms with E-state index in [0.717, 1.165) is 16.3 Å². The lowest BCUT2D eigenvalue weighted by Crippen LogP contribution is -2.31. The van der Waals surface area contributed by atoms with Gasteiger partial charge in [-0.2, -0.15) is 0 Å². The van der Waals surface area contributed by atoms with Gasteiger partial charge in [-0.3, -0.25) is 4.79 Å². The Morgan fingerprint density at radius 2 is 2.05 bits per heavy atom. The molecule has 0 bridgehead atoms. The van der Waals surface area contributed by atoms with E-state index in [1.807, 2.05) is 38.1 Å². The smallest absolute Gasteiger partial charge is 0.248 e. The summed E-state index contributed by atoms with van der Waals surface area (Å²) in [5.41, 5.74) is 1.73. The van der Waals surface area contributed by atoms with E-state index in [0.29, 0.717) is 10.9 Å². The Hall–Kier alpha value is -2.08. The van der Waals surface area contributed by atoms with Crippen LogP contribution in [0.2, 0.25) is 0 Å². The Bertz CT molecular complexity index is 620. The van der Waals surface area contributed by atoms with E-state index in [1.54, 1.807) is 14.0 Å². The summed E-state index contributed by atoms with van der Waals surface area (Å²) in [7, 11) is 1.60. The lowest BCUT2D eigenvalue weighted by Gasteiger charge is -2.16. The summed E-state index contributed by atoms with van der Waals surface area (Å²) >= 11 is 1.48. The van der Waals surface area contributed by atoms with Gasteiger partial charge in [0.2, 0.25) is 5.91 Å². The zero-order chi connectivity index (χ0) is 15.4. The normalized spacial score (nSPS) is 11.8. The van der Waals surface area contributed by atoms with Crippen molar-refractivity contribution in [2.75, 3.05) is 17.7 Å².